The van der Waals surface area contributed by atoms with Gasteiger partial charge in [-0.05, 0) is 40.0 Å². The zero-order chi connectivity index (χ0) is 13.7. The molecule has 0 saturated carbocycles. The fraction of sp³-hybridized carbons (Fsp3) is 0.571. The average Bonchev–Trinajstić information content (AvgIpc) is 2.39. The molecule has 1 aromatic carbocycles. The molecule has 2 rings (SSSR count). The predicted molar refractivity (Wildman–Crippen MR) is 77.8 cm³/mol. The molecule has 19 heavy (non-hydrogen) atoms. The van der Waals surface area contributed by atoms with Crippen molar-refractivity contribution in [2.45, 2.75) is 32.4 Å². The standard InChI is InChI=1S/C14H20BrNO3/c1-2-3-11(17)9-16-8-10-6-12(15)14-13(7-10)18-4-5-19-14/h6-7,11,16-17H,2-5,8-9H2,1H3. The molecule has 0 aliphatic carbocycles. The predicted octanol–water partition coefficient (Wildman–Crippen LogP) is 2.47. The molecule has 0 fully saturated rings. The van der Waals surface area contributed by atoms with Crippen molar-refractivity contribution >= 4 is 15.9 Å². The normalized spacial score (nSPS) is 15.3. The second kappa shape index (κ2) is 7.12. The molecule has 1 aliphatic rings. The van der Waals surface area contributed by atoms with Crippen molar-refractivity contribution in [2.24, 2.45) is 0 Å². The Hall–Kier alpha value is -0.780. The van der Waals surface area contributed by atoms with Gasteiger partial charge in [-0.15, -0.1) is 0 Å². The molecule has 106 valence electrons. The first-order valence-electron chi connectivity index (χ1n) is 6.67. The highest BCUT2D eigenvalue weighted by Gasteiger charge is 2.16. The molecule has 4 nitrogen and oxygen atoms in total. The van der Waals surface area contributed by atoms with Gasteiger partial charge in [-0.2, -0.15) is 0 Å². The third kappa shape index (κ3) is 4.09. The molecule has 0 aromatic heterocycles. The summed E-state index contributed by atoms with van der Waals surface area (Å²) in [6.07, 6.45) is 1.56. The van der Waals surface area contributed by atoms with Crippen LogP contribution in [0, 0.1) is 0 Å². The summed E-state index contributed by atoms with van der Waals surface area (Å²) in [5.74, 6) is 1.56. The summed E-state index contributed by atoms with van der Waals surface area (Å²) in [5, 5.41) is 12.9. The first-order chi connectivity index (χ1) is 9.20. The van der Waals surface area contributed by atoms with E-state index >= 15 is 0 Å². The monoisotopic (exact) mass is 329 g/mol. The number of fused-ring (bicyclic) bond motifs is 1. The van der Waals surface area contributed by atoms with E-state index in [1.807, 2.05) is 12.1 Å². The number of aliphatic hydroxyl groups excluding tert-OH is 1. The van der Waals surface area contributed by atoms with Crippen molar-refractivity contribution in [1.29, 1.82) is 0 Å². The Kier molecular flexibility index (Phi) is 5.48. The second-order valence-electron chi connectivity index (χ2n) is 4.68. The van der Waals surface area contributed by atoms with Gasteiger partial charge in [0.1, 0.15) is 13.2 Å². The SMILES string of the molecule is CCCC(O)CNCc1cc(Br)c2c(c1)OCCO2. The summed E-state index contributed by atoms with van der Waals surface area (Å²) in [6, 6.07) is 4.01. The number of nitrogens with one attached hydrogen (secondary N) is 1. The van der Waals surface area contributed by atoms with Crippen LogP contribution in [0.1, 0.15) is 25.3 Å². The Balaban J connectivity index is 1.92. The van der Waals surface area contributed by atoms with E-state index in [0.717, 1.165) is 34.4 Å². The average molecular weight is 330 g/mol. The minimum absolute atomic E-state index is 0.273. The molecule has 0 bridgehead atoms. The number of hydrogen-bond acceptors (Lipinski definition) is 4. The number of rotatable bonds is 6. The van der Waals surface area contributed by atoms with Gasteiger partial charge in [-0.1, -0.05) is 13.3 Å². The summed E-state index contributed by atoms with van der Waals surface area (Å²) < 4.78 is 12.0. The minimum Gasteiger partial charge on any atom is -0.486 e. The third-order valence-corrected chi connectivity index (χ3v) is 3.58. The molecule has 0 amide bonds. The van der Waals surface area contributed by atoms with E-state index in [2.05, 4.69) is 28.2 Å². The Labute approximate surface area is 122 Å². The summed E-state index contributed by atoms with van der Waals surface area (Å²) in [6.45, 7) is 4.56. The Morgan fingerprint density at radius 1 is 1.37 bits per heavy atom. The van der Waals surface area contributed by atoms with Crippen LogP contribution in [0.4, 0.5) is 0 Å². The van der Waals surface area contributed by atoms with Gasteiger partial charge in [-0.25, -0.2) is 0 Å². The van der Waals surface area contributed by atoms with E-state index in [1.54, 1.807) is 0 Å². The largest absolute Gasteiger partial charge is 0.486 e. The van der Waals surface area contributed by atoms with E-state index in [9.17, 15) is 5.11 Å². The van der Waals surface area contributed by atoms with Crippen LogP contribution in [0.25, 0.3) is 0 Å². The highest BCUT2D eigenvalue weighted by atomic mass is 79.9. The maximum Gasteiger partial charge on any atom is 0.175 e. The summed E-state index contributed by atoms with van der Waals surface area (Å²) in [7, 11) is 0. The van der Waals surface area contributed by atoms with Crippen LogP contribution in [0.2, 0.25) is 0 Å². The number of ether oxygens (including phenoxy) is 2. The van der Waals surface area contributed by atoms with Gasteiger partial charge in [0.2, 0.25) is 0 Å². The third-order valence-electron chi connectivity index (χ3n) is 2.99. The quantitative estimate of drug-likeness (QED) is 0.841. The number of benzene rings is 1. The van der Waals surface area contributed by atoms with Crippen LogP contribution in [0.15, 0.2) is 16.6 Å². The lowest BCUT2D eigenvalue weighted by atomic mass is 10.1. The highest BCUT2D eigenvalue weighted by molar-refractivity contribution is 9.10. The second-order valence-corrected chi connectivity index (χ2v) is 5.53. The van der Waals surface area contributed by atoms with Gasteiger partial charge >= 0.3 is 0 Å². The Bertz CT molecular complexity index is 425. The lowest BCUT2D eigenvalue weighted by Gasteiger charge is -2.20. The van der Waals surface area contributed by atoms with Crippen molar-refractivity contribution in [1.82, 2.24) is 5.32 Å². The van der Waals surface area contributed by atoms with Gasteiger partial charge in [-0.3, -0.25) is 0 Å². The van der Waals surface area contributed by atoms with E-state index in [0.29, 0.717) is 26.3 Å². The zero-order valence-electron chi connectivity index (χ0n) is 11.1. The van der Waals surface area contributed by atoms with Crippen molar-refractivity contribution in [3.8, 4) is 11.5 Å². The maximum absolute atomic E-state index is 9.66. The van der Waals surface area contributed by atoms with Gasteiger partial charge < -0.3 is 19.9 Å². The van der Waals surface area contributed by atoms with E-state index in [-0.39, 0.29) is 6.10 Å². The van der Waals surface area contributed by atoms with Crippen LogP contribution in [-0.2, 0) is 6.54 Å². The molecular weight excluding hydrogens is 310 g/mol. The molecule has 0 radical (unpaired) electrons. The lowest BCUT2D eigenvalue weighted by molar-refractivity contribution is 0.160. The molecule has 0 saturated heterocycles. The molecule has 1 atom stereocenters. The van der Waals surface area contributed by atoms with Crippen molar-refractivity contribution < 1.29 is 14.6 Å². The van der Waals surface area contributed by atoms with E-state index in [1.165, 1.54) is 0 Å². The fourth-order valence-electron chi connectivity index (χ4n) is 2.08. The lowest BCUT2D eigenvalue weighted by Crippen LogP contribution is -2.26. The first kappa shape index (κ1) is 14.6. The van der Waals surface area contributed by atoms with Gasteiger partial charge in [0.25, 0.3) is 0 Å². The van der Waals surface area contributed by atoms with Gasteiger partial charge in [0, 0.05) is 13.1 Å². The Morgan fingerprint density at radius 2 is 2.16 bits per heavy atom. The molecule has 0 spiro atoms. The smallest absolute Gasteiger partial charge is 0.175 e. The summed E-state index contributed by atoms with van der Waals surface area (Å²) in [4.78, 5) is 0. The van der Waals surface area contributed by atoms with E-state index in [4.69, 9.17) is 9.47 Å². The molecule has 1 aromatic rings. The molecule has 1 unspecified atom stereocenters. The first-order valence-corrected chi connectivity index (χ1v) is 7.46. The molecule has 5 heteroatoms. The molecule has 1 heterocycles. The van der Waals surface area contributed by atoms with Crippen molar-refractivity contribution in [3.05, 3.63) is 22.2 Å². The molecular formula is C14H20BrNO3. The van der Waals surface area contributed by atoms with Crippen molar-refractivity contribution in [3.63, 3.8) is 0 Å². The topological polar surface area (TPSA) is 50.7 Å². The molecule has 2 N–H and O–H groups in total. The van der Waals surface area contributed by atoms with Gasteiger partial charge in [0.15, 0.2) is 11.5 Å². The minimum atomic E-state index is -0.273. The van der Waals surface area contributed by atoms with Crippen molar-refractivity contribution in [2.75, 3.05) is 19.8 Å². The highest BCUT2D eigenvalue weighted by Crippen LogP contribution is 2.38. The van der Waals surface area contributed by atoms with Crippen LogP contribution in [0.5, 0.6) is 11.5 Å². The van der Waals surface area contributed by atoms with Crippen LogP contribution >= 0.6 is 15.9 Å². The van der Waals surface area contributed by atoms with E-state index < -0.39 is 0 Å². The number of aliphatic hydroxyl groups is 1. The maximum atomic E-state index is 9.66. The Morgan fingerprint density at radius 3 is 2.95 bits per heavy atom. The summed E-state index contributed by atoms with van der Waals surface area (Å²) in [5.41, 5.74) is 1.11. The van der Waals surface area contributed by atoms with Crippen LogP contribution in [0.3, 0.4) is 0 Å². The zero-order valence-corrected chi connectivity index (χ0v) is 12.7. The molecule has 1 aliphatic heterocycles. The fourth-order valence-corrected chi connectivity index (χ4v) is 2.69. The van der Waals surface area contributed by atoms with Crippen LogP contribution < -0.4 is 14.8 Å². The summed E-state index contributed by atoms with van der Waals surface area (Å²) >= 11 is 3.50. The number of hydrogen-bond donors (Lipinski definition) is 2. The van der Waals surface area contributed by atoms with Crippen LogP contribution in [-0.4, -0.2) is 31.0 Å². The number of halogens is 1. The van der Waals surface area contributed by atoms with Gasteiger partial charge in [0.05, 0.1) is 10.6 Å².